The van der Waals surface area contributed by atoms with Crippen molar-refractivity contribution in [2.75, 3.05) is 32.1 Å². The fourth-order valence-corrected chi connectivity index (χ4v) is 4.82. The number of aromatic nitrogens is 1. The second kappa shape index (κ2) is 10.8. The average Bonchev–Trinajstić information content (AvgIpc) is 3.30. The molecule has 0 aliphatic carbocycles. The summed E-state index contributed by atoms with van der Waals surface area (Å²) in [5, 5.41) is 11.7. The van der Waals surface area contributed by atoms with E-state index in [4.69, 9.17) is 9.73 Å². The number of urea groups is 1. The van der Waals surface area contributed by atoms with E-state index in [1.165, 1.54) is 13.5 Å². The minimum Gasteiger partial charge on any atom is -0.494 e. The van der Waals surface area contributed by atoms with Crippen molar-refractivity contribution < 1.29 is 19.4 Å². The number of aromatic hydroxyl groups is 1. The van der Waals surface area contributed by atoms with Gasteiger partial charge in [0, 0.05) is 42.3 Å². The molecule has 8 nitrogen and oxygen atoms in total. The lowest BCUT2D eigenvalue weighted by atomic mass is 10.00. The Balaban J connectivity index is 1.51. The summed E-state index contributed by atoms with van der Waals surface area (Å²) < 4.78 is 4.83. The molecule has 4 aromatic rings. The molecule has 0 spiro atoms. The van der Waals surface area contributed by atoms with Crippen molar-refractivity contribution in [3.63, 3.8) is 0 Å². The van der Waals surface area contributed by atoms with E-state index in [1.54, 1.807) is 30.1 Å². The summed E-state index contributed by atoms with van der Waals surface area (Å²) in [6, 6.07) is 22.2. The molecule has 1 fully saturated rings. The first kappa shape index (κ1) is 25.1. The summed E-state index contributed by atoms with van der Waals surface area (Å²) in [6.45, 7) is 1.59. The number of esters is 1. The maximum Gasteiger partial charge on any atom is 0.337 e. The molecule has 3 aromatic carbocycles. The standard InChI is InChI=1S/C30H30N4O4/c1-33(30(37)34-17-7-4-8-18-34)23-14-12-22(13-15-23)31-27(20-9-5-3-6-10-20)26-24-16-11-21(29(36)38-2)19-25(24)32-28(26)35/h3,5-6,9-16,19,32,35H,4,7-8,17-18H2,1-2H3. The maximum absolute atomic E-state index is 12.9. The van der Waals surface area contributed by atoms with E-state index in [0.29, 0.717) is 28.0 Å². The van der Waals surface area contributed by atoms with E-state index in [-0.39, 0.29) is 11.9 Å². The molecule has 0 radical (unpaired) electrons. The number of fused-ring (bicyclic) bond motifs is 1. The van der Waals surface area contributed by atoms with Gasteiger partial charge in [-0.05, 0) is 55.7 Å². The predicted octanol–water partition coefficient (Wildman–Crippen LogP) is 5.87. The van der Waals surface area contributed by atoms with E-state index in [9.17, 15) is 14.7 Å². The number of carbonyl (C=O) groups is 2. The van der Waals surface area contributed by atoms with Crippen LogP contribution in [0.25, 0.3) is 10.9 Å². The number of nitrogens with one attached hydrogen (secondary N) is 1. The Labute approximate surface area is 221 Å². The monoisotopic (exact) mass is 510 g/mol. The summed E-state index contributed by atoms with van der Waals surface area (Å²) in [5.74, 6) is -0.503. The fourth-order valence-electron chi connectivity index (χ4n) is 4.82. The van der Waals surface area contributed by atoms with Crippen LogP contribution in [0.4, 0.5) is 16.2 Å². The Bertz CT molecular complexity index is 1490. The normalized spacial score (nSPS) is 13.9. The first-order valence-electron chi connectivity index (χ1n) is 12.7. The van der Waals surface area contributed by atoms with Crippen LogP contribution in [-0.2, 0) is 4.74 Å². The molecule has 2 N–H and O–H groups in total. The van der Waals surface area contributed by atoms with E-state index in [2.05, 4.69) is 4.98 Å². The summed E-state index contributed by atoms with van der Waals surface area (Å²) in [6.07, 6.45) is 3.25. The lowest BCUT2D eigenvalue weighted by molar-refractivity contribution is 0.0601. The Kier molecular flexibility index (Phi) is 7.13. The summed E-state index contributed by atoms with van der Waals surface area (Å²) in [5.41, 5.74) is 4.36. The van der Waals surface area contributed by atoms with Gasteiger partial charge in [0.1, 0.15) is 0 Å². The predicted molar refractivity (Wildman–Crippen MR) is 149 cm³/mol. The zero-order valence-corrected chi connectivity index (χ0v) is 21.5. The molecule has 2 heterocycles. The van der Waals surface area contributed by atoms with Crippen molar-refractivity contribution >= 4 is 40.0 Å². The molecule has 5 rings (SSSR count). The first-order chi connectivity index (χ1) is 18.5. The quantitative estimate of drug-likeness (QED) is 0.259. The third-order valence-electron chi connectivity index (χ3n) is 6.88. The Morgan fingerprint density at radius 1 is 0.947 bits per heavy atom. The number of aliphatic imine (C=N–C) groups is 1. The number of methoxy groups -OCH3 is 1. The highest BCUT2D eigenvalue weighted by atomic mass is 16.5. The largest absolute Gasteiger partial charge is 0.494 e. The van der Waals surface area contributed by atoms with Crippen LogP contribution in [0.3, 0.4) is 0 Å². The van der Waals surface area contributed by atoms with Gasteiger partial charge < -0.3 is 19.7 Å². The summed E-state index contributed by atoms with van der Waals surface area (Å²) in [7, 11) is 3.12. The van der Waals surface area contributed by atoms with Crippen LogP contribution in [0.5, 0.6) is 5.88 Å². The molecule has 0 saturated carbocycles. The molecule has 1 aliphatic heterocycles. The second-order valence-electron chi connectivity index (χ2n) is 9.33. The zero-order chi connectivity index (χ0) is 26.6. The van der Waals surface area contributed by atoms with Gasteiger partial charge in [0.2, 0.25) is 0 Å². The van der Waals surface area contributed by atoms with Crippen molar-refractivity contribution in [1.29, 1.82) is 0 Å². The fraction of sp³-hybridized carbons (Fsp3) is 0.233. The molecule has 38 heavy (non-hydrogen) atoms. The number of anilines is 1. The van der Waals surface area contributed by atoms with Crippen LogP contribution in [0, 0.1) is 0 Å². The third-order valence-corrected chi connectivity index (χ3v) is 6.88. The van der Waals surface area contributed by atoms with Crippen LogP contribution in [-0.4, -0.2) is 59.9 Å². The van der Waals surface area contributed by atoms with E-state index in [1.807, 2.05) is 59.5 Å². The SMILES string of the molecule is COC(=O)c1ccc2c(C(=Nc3ccc(N(C)C(=O)N4CCCCC4)cc3)c3ccccc3)c(O)[nH]c2c1. The van der Waals surface area contributed by atoms with Crippen LogP contribution in [0.2, 0.25) is 0 Å². The van der Waals surface area contributed by atoms with E-state index >= 15 is 0 Å². The number of ether oxygens (including phenoxy) is 1. The highest BCUT2D eigenvalue weighted by molar-refractivity contribution is 6.22. The minimum atomic E-state index is -0.455. The number of benzene rings is 3. The van der Waals surface area contributed by atoms with Gasteiger partial charge in [-0.15, -0.1) is 0 Å². The molecule has 1 aliphatic rings. The Morgan fingerprint density at radius 3 is 2.34 bits per heavy atom. The van der Waals surface area contributed by atoms with Crippen molar-refractivity contribution in [2.45, 2.75) is 19.3 Å². The van der Waals surface area contributed by atoms with E-state index < -0.39 is 5.97 Å². The van der Waals surface area contributed by atoms with Crippen molar-refractivity contribution in [3.8, 4) is 5.88 Å². The molecular weight excluding hydrogens is 480 g/mol. The molecule has 0 bridgehead atoms. The van der Waals surface area contributed by atoms with Gasteiger partial charge in [0.05, 0.1) is 29.6 Å². The summed E-state index contributed by atoms with van der Waals surface area (Å²) in [4.78, 5) is 36.4. The van der Waals surface area contributed by atoms with Gasteiger partial charge >= 0.3 is 12.0 Å². The highest BCUT2D eigenvalue weighted by Crippen LogP contribution is 2.32. The smallest absolute Gasteiger partial charge is 0.337 e. The summed E-state index contributed by atoms with van der Waals surface area (Å²) >= 11 is 0. The number of aromatic amines is 1. The molecule has 1 saturated heterocycles. The van der Waals surface area contributed by atoms with Crippen LogP contribution in [0.1, 0.15) is 40.7 Å². The second-order valence-corrected chi connectivity index (χ2v) is 9.33. The van der Waals surface area contributed by atoms with Crippen molar-refractivity contribution in [2.24, 2.45) is 4.99 Å². The number of hydrogen-bond acceptors (Lipinski definition) is 5. The number of carbonyl (C=O) groups excluding carboxylic acids is 2. The number of H-pyrrole nitrogens is 1. The van der Waals surface area contributed by atoms with Crippen LogP contribution >= 0.6 is 0 Å². The van der Waals surface area contributed by atoms with Crippen LogP contribution < -0.4 is 4.90 Å². The molecule has 194 valence electrons. The number of piperidine rings is 1. The molecule has 0 atom stereocenters. The lowest BCUT2D eigenvalue weighted by Gasteiger charge is -2.31. The number of nitrogens with zero attached hydrogens (tertiary/aromatic N) is 3. The molecular formula is C30H30N4O4. The van der Waals surface area contributed by atoms with Crippen molar-refractivity contribution in [1.82, 2.24) is 9.88 Å². The average molecular weight is 511 g/mol. The number of likely N-dealkylation sites (tertiary alicyclic amines) is 1. The number of amides is 2. The minimum absolute atomic E-state index is 0.000893. The van der Waals surface area contributed by atoms with Gasteiger partial charge in [0.15, 0.2) is 5.88 Å². The first-order valence-corrected chi connectivity index (χ1v) is 12.7. The highest BCUT2D eigenvalue weighted by Gasteiger charge is 2.22. The lowest BCUT2D eigenvalue weighted by Crippen LogP contribution is -2.43. The Hall–Kier alpha value is -4.59. The molecule has 0 unspecified atom stereocenters. The van der Waals surface area contributed by atoms with Gasteiger partial charge in [0.25, 0.3) is 0 Å². The Morgan fingerprint density at radius 2 is 1.66 bits per heavy atom. The van der Waals surface area contributed by atoms with E-state index in [0.717, 1.165) is 42.6 Å². The molecule has 2 amide bonds. The number of hydrogen-bond donors (Lipinski definition) is 2. The molecule has 1 aromatic heterocycles. The van der Waals surface area contributed by atoms with Crippen LogP contribution in [0.15, 0.2) is 77.8 Å². The molecule has 8 heteroatoms. The van der Waals surface area contributed by atoms with Crippen molar-refractivity contribution in [3.05, 3.63) is 89.5 Å². The maximum atomic E-state index is 12.9. The van der Waals surface area contributed by atoms with Gasteiger partial charge in [-0.3, -0.25) is 4.90 Å². The third kappa shape index (κ3) is 4.98. The topological polar surface area (TPSA) is 98.2 Å². The number of rotatable bonds is 5. The van der Waals surface area contributed by atoms with Gasteiger partial charge in [-0.25, -0.2) is 14.6 Å². The van der Waals surface area contributed by atoms with Gasteiger partial charge in [-0.2, -0.15) is 0 Å². The zero-order valence-electron chi connectivity index (χ0n) is 21.5. The van der Waals surface area contributed by atoms with Gasteiger partial charge in [-0.1, -0.05) is 36.4 Å².